The van der Waals surface area contributed by atoms with Gasteiger partial charge in [0.1, 0.15) is 5.75 Å². The van der Waals surface area contributed by atoms with Crippen LogP contribution in [-0.4, -0.2) is 5.11 Å². The monoisotopic (exact) mass is 467 g/mol. The van der Waals surface area contributed by atoms with Gasteiger partial charge >= 0.3 is 0 Å². The highest BCUT2D eigenvalue weighted by Gasteiger charge is 2.23. The number of aromatic hydroxyl groups is 1. The lowest BCUT2D eigenvalue weighted by Crippen LogP contribution is -2.26. The van der Waals surface area contributed by atoms with Gasteiger partial charge in [-0.05, 0) is 68.3 Å². The minimum Gasteiger partial charge on any atom is -0.506 e. The van der Waals surface area contributed by atoms with Crippen molar-refractivity contribution in [2.75, 3.05) is 0 Å². The van der Waals surface area contributed by atoms with E-state index in [2.05, 4.69) is 66.0 Å². The van der Waals surface area contributed by atoms with Gasteiger partial charge in [0, 0.05) is 6.04 Å². The predicted molar refractivity (Wildman–Crippen MR) is 87.2 cm³/mol. The molecule has 0 aromatic heterocycles. The minimum atomic E-state index is -0.0138. The third kappa shape index (κ3) is 3.89. The van der Waals surface area contributed by atoms with Crippen LogP contribution in [0.4, 0.5) is 0 Å². The molecule has 0 saturated heterocycles. The van der Waals surface area contributed by atoms with Gasteiger partial charge in [0.05, 0.1) is 7.14 Å². The van der Waals surface area contributed by atoms with Crippen molar-refractivity contribution in [2.24, 2.45) is 11.1 Å². The first kappa shape index (κ1) is 16.7. The molecule has 0 bridgehead atoms. The predicted octanol–water partition coefficient (Wildman–Crippen LogP) is 4.07. The Morgan fingerprint density at radius 2 is 1.56 bits per heavy atom. The van der Waals surface area contributed by atoms with E-state index in [4.69, 9.17) is 5.73 Å². The first-order chi connectivity index (χ1) is 6.73. The lowest BCUT2D eigenvalue weighted by Gasteiger charge is -2.27. The summed E-state index contributed by atoms with van der Waals surface area (Å²) in [4.78, 5) is 0. The smallest absolute Gasteiger partial charge is 0.142 e. The van der Waals surface area contributed by atoms with Gasteiger partial charge in [-0.25, -0.2) is 0 Å². The number of benzene rings is 1. The average Bonchev–Trinajstić information content (AvgIpc) is 2.10. The summed E-state index contributed by atoms with van der Waals surface area (Å²) in [7, 11) is 0. The fourth-order valence-electron chi connectivity index (χ4n) is 1.26. The summed E-state index contributed by atoms with van der Waals surface area (Å²) < 4.78 is 1.71. The molecule has 1 atom stereocenters. The molecule has 5 heteroatoms. The molecule has 1 aromatic carbocycles. The van der Waals surface area contributed by atoms with Crippen molar-refractivity contribution in [1.82, 2.24) is 0 Å². The molecule has 3 N–H and O–H groups in total. The third-order valence-electron chi connectivity index (χ3n) is 2.33. The van der Waals surface area contributed by atoms with E-state index in [1.165, 1.54) is 0 Å². The van der Waals surface area contributed by atoms with Gasteiger partial charge in [-0.3, -0.25) is 0 Å². The number of phenols is 1. The van der Waals surface area contributed by atoms with Crippen LogP contribution in [0.2, 0.25) is 0 Å². The molecule has 1 rings (SSSR count). The Morgan fingerprint density at radius 3 is 1.88 bits per heavy atom. The molecular formula is C11H16ClI2NO. The Labute approximate surface area is 130 Å². The largest absolute Gasteiger partial charge is 0.506 e. The van der Waals surface area contributed by atoms with Crippen molar-refractivity contribution in [3.8, 4) is 5.75 Å². The van der Waals surface area contributed by atoms with Gasteiger partial charge in [0.25, 0.3) is 0 Å². The zero-order chi connectivity index (χ0) is 11.8. The maximum Gasteiger partial charge on any atom is 0.142 e. The topological polar surface area (TPSA) is 46.2 Å². The Bertz CT molecular complexity index is 354. The van der Waals surface area contributed by atoms with Gasteiger partial charge < -0.3 is 10.8 Å². The van der Waals surface area contributed by atoms with Crippen LogP contribution in [0.5, 0.6) is 5.75 Å². The van der Waals surface area contributed by atoms with E-state index in [1.54, 1.807) is 0 Å². The van der Waals surface area contributed by atoms with E-state index in [0.29, 0.717) is 5.75 Å². The van der Waals surface area contributed by atoms with Crippen molar-refractivity contribution < 1.29 is 5.11 Å². The van der Waals surface area contributed by atoms with Gasteiger partial charge in [-0.2, -0.15) is 0 Å². The van der Waals surface area contributed by atoms with E-state index >= 15 is 0 Å². The number of rotatable bonds is 1. The molecular weight excluding hydrogens is 451 g/mol. The molecule has 0 fully saturated rings. The number of phenolic OH excluding ortho intramolecular Hbond substituents is 1. The van der Waals surface area contributed by atoms with Crippen LogP contribution in [0.15, 0.2) is 12.1 Å². The average molecular weight is 468 g/mol. The zero-order valence-corrected chi connectivity index (χ0v) is 14.6. The second-order valence-electron chi connectivity index (χ2n) is 4.68. The Hall–Kier alpha value is 0.730. The molecule has 2 nitrogen and oxygen atoms in total. The second kappa shape index (κ2) is 6.06. The van der Waals surface area contributed by atoms with Crippen molar-refractivity contribution in [1.29, 1.82) is 0 Å². The molecule has 92 valence electrons. The summed E-state index contributed by atoms with van der Waals surface area (Å²) in [6, 6.07) is 3.89. The lowest BCUT2D eigenvalue weighted by atomic mass is 9.83. The third-order valence-corrected chi connectivity index (χ3v) is 3.98. The van der Waals surface area contributed by atoms with Gasteiger partial charge in [-0.1, -0.05) is 20.8 Å². The molecule has 16 heavy (non-hydrogen) atoms. The van der Waals surface area contributed by atoms with E-state index in [-0.39, 0.29) is 23.9 Å². The SMILES string of the molecule is CC(C)(C)[C@H](N)c1cc(I)c(O)c(I)c1.Cl. The first-order valence-corrected chi connectivity index (χ1v) is 6.82. The van der Waals surface area contributed by atoms with Crippen LogP contribution in [0.3, 0.4) is 0 Å². The fraction of sp³-hybridized carbons (Fsp3) is 0.455. The fourth-order valence-corrected chi connectivity index (χ4v) is 3.08. The molecule has 0 radical (unpaired) electrons. The number of hydrogen-bond acceptors (Lipinski definition) is 2. The minimum absolute atomic E-state index is 0. The molecule has 1 aromatic rings. The van der Waals surface area contributed by atoms with Crippen LogP contribution in [0.1, 0.15) is 32.4 Å². The standard InChI is InChI=1S/C11H15I2NO.ClH/c1-11(2,3)10(14)6-4-7(12)9(15)8(13)5-6;/h4-5,10,15H,14H2,1-3H3;1H/t10-;/m1./s1. The van der Waals surface area contributed by atoms with E-state index in [0.717, 1.165) is 12.7 Å². The van der Waals surface area contributed by atoms with Crippen molar-refractivity contribution in [2.45, 2.75) is 26.8 Å². The summed E-state index contributed by atoms with van der Waals surface area (Å²) in [5.41, 5.74) is 7.28. The molecule has 0 unspecified atom stereocenters. The molecule has 0 amide bonds. The lowest BCUT2D eigenvalue weighted by molar-refractivity contribution is 0.326. The number of halogens is 3. The molecule has 0 heterocycles. The Balaban J connectivity index is 0.00000225. The van der Waals surface area contributed by atoms with Crippen LogP contribution in [0.25, 0.3) is 0 Å². The molecule has 0 aliphatic rings. The zero-order valence-electron chi connectivity index (χ0n) is 9.42. The van der Waals surface area contributed by atoms with Gasteiger partial charge in [0.2, 0.25) is 0 Å². The Kier molecular flexibility index (Phi) is 6.34. The second-order valence-corrected chi connectivity index (χ2v) is 7.00. The first-order valence-electron chi connectivity index (χ1n) is 4.67. The van der Waals surface area contributed by atoms with Gasteiger partial charge in [-0.15, -0.1) is 12.4 Å². The molecule has 0 aliphatic carbocycles. The van der Waals surface area contributed by atoms with Crippen LogP contribution >= 0.6 is 57.6 Å². The molecule has 0 spiro atoms. The van der Waals surface area contributed by atoms with E-state index < -0.39 is 0 Å². The summed E-state index contributed by atoms with van der Waals surface area (Å²) in [5.74, 6) is 0.348. The maximum atomic E-state index is 9.66. The van der Waals surface area contributed by atoms with Crippen LogP contribution < -0.4 is 5.73 Å². The van der Waals surface area contributed by atoms with Gasteiger partial charge in [0.15, 0.2) is 0 Å². The van der Waals surface area contributed by atoms with Crippen LogP contribution in [0, 0.1) is 12.6 Å². The van der Waals surface area contributed by atoms with E-state index in [1.807, 2.05) is 12.1 Å². The van der Waals surface area contributed by atoms with Crippen molar-refractivity contribution in [3.63, 3.8) is 0 Å². The van der Waals surface area contributed by atoms with Crippen LogP contribution in [-0.2, 0) is 0 Å². The highest BCUT2D eigenvalue weighted by molar-refractivity contribution is 14.1. The number of nitrogens with two attached hydrogens (primary N) is 1. The maximum absolute atomic E-state index is 9.66. The highest BCUT2D eigenvalue weighted by atomic mass is 127. The summed E-state index contributed by atoms with van der Waals surface area (Å²) in [6.07, 6.45) is 0. The summed E-state index contributed by atoms with van der Waals surface area (Å²) in [5, 5.41) is 9.66. The highest BCUT2D eigenvalue weighted by Crippen LogP contribution is 2.35. The molecule has 0 saturated carbocycles. The summed E-state index contributed by atoms with van der Waals surface area (Å²) >= 11 is 4.25. The van der Waals surface area contributed by atoms with Crippen molar-refractivity contribution in [3.05, 3.63) is 24.8 Å². The van der Waals surface area contributed by atoms with Crippen molar-refractivity contribution >= 4 is 57.6 Å². The Morgan fingerprint density at radius 1 is 1.19 bits per heavy atom. The normalized spacial score (nSPS) is 13.1. The van der Waals surface area contributed by atoms with E-state index in [9.17, 15) is 5.11 Å². The molecule has 0 aliphatic heterocycles. The number of hydrogen-bond donors (Lipinski definition) is 2. The quantitative estimate of drug-likeness (QED) is 0.612. The summed E-state index contributed by atoms with van der Waals surface area (Å²) in [6.45, 7) is 6.35.